The molecule has 0 spiro atoms. The predicted molar refractivity (Wildman–Crippen MR) is 60.9 cm³/mol. The van der Waals surface area contributed by atoms with Crippen LogP contribution in [0.1, 0.15) is 12.8 Å². The van der Waals surface area contributed by atoms with Crippen LogP contribution in [0.5, 0.6) is 0 Å². The van der Waals surface area contributed by atoms with Crippen LogP contribution < -0.4 is 0 Å². The number of nitrogens with zero attached hydrogens (tertiary/aromatic N) is 1. The summed E-state index contributed by atoms with van der Waals surface area (Å²) < 4.78 is 45.9. The highest BCUT2D eigenvalue weighted by molar-refractivity contribution is 7.90. The molecule has 1 heterocycles. The normalized spacial score (nSPS) is 22.4. The van der Waals surface area contributed by atoms with E-state index < -0.39 is 31.9 Å². The molecule has 0 aromatic rings. The molecule has 0 aromatic carbocycles. The van der Waals surface area contributed by atoms with Crippen LogP contribution in [0.15, 0.2) is 0 Å². The Kier molecular flexibility index (Phi) is 4.15. The molecular weight excluding hydrogens is 270 g/mol. The summed E-state index contributed by atoms with van der Waals surface area (Å²) >= 11 is 0. The molecule has 1 rings (SSSR count). The number of rotatable bonds is 5. The number of sulfonamides is 1. The van der Waals surface area contributed by atoms with Gasteiger partial charge >= 0.3 is 5.97 Å². The minimum atomic E-state index is -3.54. The highest BCUT2D eigenvalue weighted by atomic mass is 32.2. The van der Waals surface area contributed by atoms with E-state index in [4.69, 9.17) is 5.11 Å². The Balaban J connectivity index is 2.84. The van der Waals surface area contributed by atoms with E-state index in [1.807, 2.05) is 0 Å². The summed E-state index contributed by atoms with van der Waals surface area (Å²) in [5, 5.41) is 8.96. The molecule has 17 heavy (non-hydrogen) atoms. The van der Waals surface area contributed by atoms with E-state index >= 15 is 0 Å². The zero-order valence-electron chi connectivity index (χ0n) is 9.37. The second kappa shape index (κ2) is 4.91. The standard InChI is InChI=1S/C8H15NO6S2/c1-16(12,13)6-3-7(8(10)11)9-4-2-5-17(9,14)15/h7H,2-6H2,1H3,(H,10,11). The van der Waals surface area contributed by atoms with Gasteiger partial charge in [0.25, 0.3) is 0 Å². The van der Waals surface area contributed by atoms with Crippen molar-refractivity contribution in [1.82, 2.24) is 4.31 Å². The summed E-state index contributed by atoms with van der Waals surface area (Å²) in [4.78, 5) is 11.0. The van der Waals surface area contributed by atoms with E-state index in [9.17, 15) is 21.6 Å². The molecule has 0 aliphatic carbocycles. The van der Waals surface area contributed by atoms with E-state index in [1.54, 1.807) is 0 Å². The summed E-state index contributed by atoms with van der Waals surface area (Å²) in [7, 11) is -6.85. The van der Waals surface area contributed by atoms with Crippen molar-refractivity contribution in [1.29, 1.82) is 0 Å². The van der Waals surface area contributed by atoms with E-state index in [0.717, 1.165) is 10.6 Å². The molecule has 0 aromatic heterocycles. The van der Waals surface area contributed by atoms with Crippen molar-refractivity contribution >= 4 is 25.8 Å². The first kappa shape index (κ1) is 14.4. The van der Waals surface area contributed by atoms with Gasteiger partial charge in [-0.1, -0.05) is 0 Å². The topological polar surface area (TPSA) is 109 Å². The van der Waals surface area contributed by atoms with Crippen molar-refractivity contribution in [3.8, 4) is 0 Å². The lowest BCUT2D eigenvalue weighted by Gasteiger charge is -2.22. The van der Waals surface area contributed by atoms with Gasteiger partial charge in [-0.15, -0.1) is 0 Å². The quantitative estimate of drug-likeness (QED) is 0.687. The van der Waals surface area contributed by atoms with E-state index in [-0.39, 0.29) is 24.5 Å². The van der Waals surface area contributed by atoms with Crippen LogP contribution in [0.4, 0.5) is 0 Å². The molecule has 1 fully saturated rings. The zero-order chi connectivity index (χ0) is 13.3. The van der Waals surface area contributed by atoms with Crippen molar-refractivity contribution in [3.05, 3.63) is 0 Å². The largest absolute Gasteiger partial charge is 0.480 e. The van der Waals surface area contributed by atoms with Gasteiger partial charge < -0.3 is 5.11 Å². The number of carboxylic acids is 1. The van der Waals surface area contributed by atoms with Crippen LogP contribution in [0.2, 0.25) is 0 Å². The Morgan fingerprint density at radius 1 is 1.47 bits per heavy atom. The highest BCUT2D eigenvalue weighted by Gasteiger charge is 2.38. The van der Waals surface area contributed by atoms with Crippen molar-refractivity contribution < 1.29 is 26.7 Å². The maximum Gasteiger partial charge on any atom is 0.322 e. The molecule has 0 radical (unpaired) electrons. The number of carboxylic acid groups (broad SMARTS) is 1. The first-order valence-electron chi connectivity index (χ1n) is 5.03. The first-order chi connectivity index (χ1) is 7.63. The molecule has 0 bridgehead atoms. The second-order valence-electron chi connectivity index (χ2n) is 4.05. The van der Waals surface area contributed by atoms with Crippen LogP contribution in [-0.4, -0.2) is 62.6 Å². The Labute approximate surface area is 100 Å². The minimum absolute atomic E-state index is 0.0738. The number of hydrogen-bond donors (Lipinski definition) is 1. The molecule has 1 aliphatic rings. The zero-order valence-corrected chi connectivity index (χ0v) is 11.0. The monoisotopic (exact) mass is 285 g/mol. The number of sulfone groups is 1. The third-order valence-electron chi connectivity index (χ3n) is 2.53. The summed E-state index contributed by atoms with van der Waals surface area (Å²) in [6.45, 7) is 0.142. The Morgan fingerprint density at radius 3 is 2.41 bits per heavy atom. The summed E-state index contributed by atoms with van der Waals surface area (Å²) in [5.74, 6) is -1.72. The molecule has 1 saturated heterocycles. The van der Waals surface area contributed by atoms with Crippen molar-refractivity contribution in [2.45, 2.75) is 18.9 Å². The molecule has 1 aliphatic heterocycles. The van der Waals surface area contributed by atoms with Gasteiger partial charge in [0.1, 0.15) is 15.9 Å². The summed E-state index contributed by atoms with van der Waals surface area (Å²) in [6, 6.07) is -1.28. The summed E-state index contributed by atoms with van der Waals surface area (Å²) in [6.07, 6.45) is 1.16. The fourth-order valence-electron chi connectivity index (χ4n) is 1.73. The van der Waals surface area contributed by atoms with Gasteiger partial charge in [0, 0.05) is 12.8 Å². The van der Waals surface area contributed by atoms with Crippen molar-refractivity contribution in [2.24, 2.45) is 0 Å². The van der Waals surface area contributed by atoms with Crippen LogP contribution >= 0.6 is 0 Å². The Morgan fingerprint density at radius 2 is 2.06 bits per heavy atom. The van der Waals surface area contributed by atoms with E-state index in [1.165, 1.54) is 0 Å². The average molecular weight is 285 g/mol. The van der Waals surface area contributed by atoms with E-state index in [0.29, 0.717) is 6.42 Å². The van der Waals surface area contributed by atoms with Crippen LogP contribution in [-0.2, 0) is 24.7 Å². The second-order valence-corrected chi connectivity index (χ2v) is 8.35. The highest BCUT2D eigenvalue weighted by Crippen LogP contribution is 2.19. The maximum atomic E-state index is 11.5. The van der Waals surface area contributed by atoms with Crippen molar-refractivity contribution in [3.63, 3.8) is 0 Å². The third kappa shape index (κ3) is 3.93. The Bertz CT molecular complexity index is 494. The molecule has 9 heteroatoms. The molecule has 7 nitrogen and oxygen atoms in total. The van der Waals surface area contributed by atoms with Crippen LogP contribution in [0, 0.1) is 0 Å². The molecule has 1 N–H and O–H groups in total. The van der Waals surface area contributed by atoms with Crippen LogP contribution in [0.25, 0.3) is 0 Å². The minimum Gasteiger partial charge on any atom is -0.480 e. The van der Waals surface area contributed by atoms with Crippen LogP contribution in [0.3, 0.4) is 0 Å². The van der Waals surface area contributed by atoms with Gasteiger partial charge in [0.2, 0.25) is 10.0 Å². The maximum absolute atomic E-state index is 11.5. The summed E-state index contributed by atoms with van der Waals surface area (Å²) in [5.41, 5.74) is 0. The molecule has 1 unspecified atom stereocenters. The fourth-order valence-corrected chi connectivity index (χ4v) is 4.10. The fraction of sp³-hybridized carbons (Fsp3) is 0.875. The SMILES string of the molecule is CS(=O)(=O)CCC(C(=O)O)N1CCCS1(=O)=O. The van der Waals surface area contributed by atoms with Gasteiger partial charge in [0.15, 0.2) is 0 Å². The average Bonchev–Trinajstić information content (AvgIpc) is 2.44. The number of hydrogen-bond acceptors (Lipinski definition) is 5. The lowest BCUT2D eigenvalue weighted by Crippen LogP contribution is -2.43. The molecule has 0 amide bonds. The molecule has 100 valence electrons. The number of aliphatic carboxylic acids is 1. The smallest absolute Gasteiger partial charge is 0.322 e. The predicted octanol–water partition coefficient (Wildman–Crippen LogP) is -1.09. The first-order valence-corrected chi connectivity index (χ1v) is 8.70. The molecule has 1 atom stereocenters. The Hall–Kier alpha value is -0.670. The van der Waals surface area contributed by atoms with Gasteiger partial charge in [-0.05, 0) is 12.8 Å². The lowest BCUT2D eigenvalue weighted by molar-refractivity contribution is -0.141. The van der Waals surface area contributed by atoms with Gasteiger partial charge in [-0.25, -0.2) is 16.8 Å². The van der Waals surface area contributed by atoms with Gasteiger partial charge in [0.05, 0.1) is 11.5 Å². The third-order valence-corrected chi connectivity index (χ3v) is 5.47. The lowest BCUT2D eigenvalue weighted by atomic mass is 10.2. The molecular formula is C8H15NO6S2. The van der Waals surface area contributed by atoms with Gasteiger partial charge in [-0.2, -0.15) is 4.31 Å². The number of carbonyl (C=O) groups is 1. The van der Waals surface area contributed by atoms with Crippen molar-refractivity contribution in [2.75, 3.05) is 24.3 Å². The van der Waals surface area contributed by atoms with E-state index in [2.05, 4.69) is 0 Å². The molecule has 0 saturated carbocycles. The van der Waals surface area contributed by atoms with Gasteiger partial charge in [-0.3, -0.25) is 4.79 Å².